The van der Waals surface area contributed by atoms with Gasteiger partial charge in [-0.25, -0.2) is 0 Å². The number of benzene rings is 1. The van der Waals surface area contributed by atoms with Crippen molar-refractivity contribution in [1.82, 2.24) is 10.3 Å². The SMILES string of the molecule is CC(C)(CNC(=O)c1ccco1)c1c[nH]c2cc(Cl)ccc12. The number of fused-ring (bicyclic) bond motifs is 1. The molecule has 0 unspecified atom stereocenters. The highest BCUT2D eigenvalue weighted by Gasteiger charge is 2.25. The lowest BCUT2D eigenvalue weighted by Crippen LogP contribution is -2.36. The van der Waals surface area contributed by atoms with Crippen LogP contribution in [0.5, 0.6) is 0 Å². The zero-order chi connectivity index (χ0) is 15.7. The van der Waals surface area contributed by atoms with Gasteiger partial charge in [0.1, 0.15) is 0 Å². The van der Waals surface area contributed by atoms with E-state index in [1.807, 2.05) is 24.4 Å². The van der Waals surface area contributed by atoms with Crippen LogP contribution in [0.15, 0.2) is 47.2 Å². The molecular formula is C17H17ClN2O2. The van der Waals surface area contributed by atoms with Crippen LogP contribution in [-0.4, -0.2) is 17.4 Å². The van der Waals surface area contributed by atoms with Gasteiger partial charge in [-0.2, -0.15) is 0 Å². The van der Waals surface area contributed by atoms with E-state index in [0.29, 0.717) is 17.3 Å². The van der Waals surface area contributed by atoms with Crippen LogP contribution in [0.25, 0.3) is 10.9 Å². The maximum Gasteiger partial charge on any atom is 0.287 e. The second kappa shape index (κ2) is 5.54. The number of furan rings is 1. The number of halogens is 1. The predicted molar refractivity (Wildman–Crippen MR) is 87.4 cm³/mol. The van der Waals surface area contributed by atoms with Crippen molar-refractivity contribution in [3.05, 3.63) is 59.1 Å². The minimum absolute atomic E-state index is 0.207. The van der Waals surface area contributed by atoms with E-state index in [9.17, 15) is 4.79 Å². The van der Waals surface area contributed by atoms with Crippen molar-refractivity contribution < 1.29 is 9.21 Å². The van der Waals surface area contributed by atoms with Crippen LogP contribution >= 0.6 is 11.6 Å². The number of aromatic amines is 1. The number of aromatic nitrogens is 1. The third kappa shape index (κ3) is 2.74. The van der Waals surface area contributed by atoms with Crippen LogP contribution in [0.4, 0.5) is 0 Å². The predicted octanol–water partition coefficient (Wildman–Crippen LogP) is 4.12. The van der Waals surface area contributed by atoms with E-state index in [1.54, 1.807) is 12.1 Å². The van der Waals surface area contributed by atoms with Crippen molar-refractivity contribution in [2.24, 2.45) is 0 Å². The van der Waals surface area contributed by atoms with E-state index in [1.165, 1.54) is 6.26 Å². The fourth-order valence-corrected chi connectivity index (χ4v) is 2.72. The third-order valence-corrected chi connectivity index (χ3v) is 4.04. The van der Waals surface area contributed by atoms with Gasteiger partial charge in [0.15, 0.2) is 5.76 Å². The van der Waals surface area contributed by atoms with E-state index in [2.05, 4.69) is 24.1 Å². The Balaban J connectivity index is 1.81. The first-order valence-electron chi connectivity index (χ1n) is 7.06. The normalized spacial score (nSPS) is 11.8. The second-order valence-electron chi connectivity index (χ2n) is 5.94. The number of nitrogens with one attached hydrogen (secondary N) is 2. The van der Waals surface area contributed by atoms with E-state index < -0.39 is 0 Å². The van der Waals surface area contributed by atoms with E-state index in [0.717, 1.165) is 16.5 Å². The maximum absolute atomic E-state index is 12.0. The molecule has 5 heteroatoms. The average molecular weight is 317 g/mol. The highest BCUT2D eigenvalue weighted by molar-refractivity contribution is 6.31. The first kappa shape index (κ1) is 14.7. The summed E-state index contributed by atoms with van der Waals surface area (Å²) >= 11 is 6.01. The van der Waals surface area contributed by atoms with Gasteiger partial charge in [-0.3, -0.25) is 4.79 Å². The van der Waals surface area contributed by atoms with Gasteiger partial charge in [0.05, 0.1) is 6.26 Å². The zero-order valence-electron chi connectivity index (χ0n) is 12.4. The molecular weight excluding hydrogens is 300 g/mol. The van der Waals surface area contributed by atoms with Gasteiger partial charge < -0.3 is 14.7 Å². The number of rotatable bonds is 4. The molecule has 0 atom stereocenters. The van der Waals surface area contributed by atoms with Crippen LogP contribution in [0.3, 0.4) is 0 Å². The van der Waals surface area contributed by atoms with Crippen molar-refractivity contribution in [3.63, 3.8) is 0 Å². The lowest BCUT2D eigenvalue weighted by Gasteiger charge is -2.24. The van der Waals surface area contributed by atoms with Crippen LogP contribution < -0.4 is 5.32 Å². The first-order valence-corrected chi connectivity index (χ1v) is 7.44. The molecule has 0 spiro atoms. The molecule has 114 valence electrons. The molecule has 3 aromatic rings. The standard InChI is InChI=1S/C17H17ClN2O2/c1-17(2,10-20-16(21)15-4-3-7-22-15)13-9-19-14-8-11(18)5-6-12(13)14/h3-9,19H,10H2,1-2H3,(H,20,21). The molecule has 2 heterocycles. The Hall–Kier alpha value is -2.20. The fraction of sp³-hybridized carbons (Fsp3) is 0.235. The van der Waals surface area contributed by atoms with E-state index >= 15 is 0 Å². The average Bonchev–Trinajstić information content (AvgIpc) is 3.13. The van der Waals surface area contributed by atoms with Crippen LogP contribution in [-0.2, 0) is 5.41 Å². The number of hydrogen-bond donors (Lipinski definition) is 2. The minimum atomic E-state index is -0.228. The van der Waals surface area contributed by atoms with Gasteiger partial charge in [-0.15, -0.1) is 0 Å². The molecule has 0 fully saturated rings. The van der Waals surface area contributed by atoms with Crippen molar-refractivity contribution in [1.29, 1.82) is 0 Å². The molecule has 0 radical (unpaired) electrons. The van der Waals surface area contributed by atoms with Gasteiger partial charge in [0.25, 0.3) is 5.91 Å². The largest absolute Gasteiger partial charge is 0.459 e. The Morgan fingerprint density at radius 1 is 1.36 bits per heavy atom. The summed E-state index contributed by atoms with van der Waals surface area (Å²) < 4.78 is 5.10. The van der Waals surface area contributed by atoms with E-state index in [-0.39, 0.29) is 11.3 Å². The maximum atomic E-state index is 12.0. The van der Waals surface area contributed by atoms with E-state index in [4.69, 9.17) is 16.0 Å². The zero-order valence-corrected chi connectivity index (χ0v) is 13.2. The fourth-order valence-electron chi connectivity index (χ4n) is 2.55. The van der Waals surface area contributed by atoms with Crippen molar-refractivity contribution in [2.75, 3.05) is 6.54 Å². The van der Waals surface area contributed by atoms with Crippen molar-refractivity contribution in [2.45, 2.75) is 19.3 Å². The monoisotopic (exact) mass is 316 g/mol. The van der Waals surface area contributed by atoms with Gasteiger partial charge in [-0.05, 0) is 29.8 Å². The van der Waals surface area contributed by atoms with Crippen LogP contribution in [0, 0.1) is 0 Å². The molecule has 0 saturated heterocycles. The second-order valence-corrected chi connectivity index (χ2v) is 6.37. The topological polar surface area (TPSA) is 58.0 Å². The van der Waals surface area contributed by atoms with Crippen molar-refractivity contribution in [3.8, 4) is 0 Å². The summed E-state index contributed by atoms with van der Waals surface area (Å²) in [5, 5.41) is 4.73. The molecule has 1 amide bonds. The minimum Gasteiger partial charge on any atom is -0.459 e. The van der Waals surface area contributed by atoms with Gasteiger partial charge in [-0.1, -0.05) is 31.5 Å². The van der Waals surface area contributed by atoms with Gasteiger partial charge in [0, 0.05) is 34.1 Å². The number of hydrogen-bond acceptors (Lipinski definition) is 2. The smallest absolute Gasteiger partial charge is 0.287 e. The highest BCUT2D eigenvalue weighted by Crippen LogP contribution is 2.31. The molecule has 2 N–H and O–H groups in total. The highest BCUT2D eigenvalue weighted by atomic mass is 35.5. The molecule has 1 aromatic carbocycles. The summed E-state index contributed by atoms with van der Waals surface area (Å²) in [6, 6.07) is 9.12. The van der Waals surface area contributed by atoms with Crippen LogP contribution in [0.2, 0.25) is 5.02 Å². The molecule has 0 aliphatic heterocycles. The lowest BCUT2D eigenvalue weighted by atomic mass is 9.84. The molecule has 0 aliphatic carbocycles. The Morgan fingerprint density at radius 3 is 2.91 bits per heavy atom. The quantitative estimate of drug-likeness (QED) is 0.760. The number of H-pyrrole nitrogens is 1. The molecule has 0 saturated carbocycles. The third-order valence-electron chi connectivity index (χ3n) is 3.81. The summed E-state index contributed by atoms with van der Waals surface area (Å²) in [4.78, 5) is 15.2. The lowest BCUT2D eigenvalue weighted by molar-refractivity contribution is 0.0918. The molecule has 22 heavy (non-hydrogen) atoms. The summed E-state index contributed by atoms with van der Waals surface area (Å²) in [5.74, 6) is 0.113. The Morgan fingerprint density at radius 2 is 2.18 bits per heavy atom. The molecule has 4 nitrogen and oxygen atoms in total. The summed E-state index contributed by atoms with van der Waals surface area (Å²) in [5.41, 5.74) is 1.90. The molecule has 0 bridgehead atoms. The molecule has 0 aliphatic rings. The summed E-state index contributed by atoms with van der Waals surface area (Å²) in [6.07, 6.45) is 3.46. The summed E-state index contributed by atoms with van der Waals surface area (Å²) in [7, 11) is 0. The Labute approximate surface area is 133 Å². The van der Waals surface area contributed by atoms with Crippen molar-refractivity contribution >= 4 is 28.4 Å². The first-order chi connectivity index (χ1) is 10.5. The Bertz CT molecular complexity index is 803. The van der Waals surface area contributed by atoms with Gasteiger partial charge in [0.2, 0.25) is 0 Å². The summed E-state index contributed by atoms with van der Waals surface area (Å²) in [6.45, 7) is 4.68. The Kier molecular flexibility index (Phi) is 3.71. The molecule has 2 aromatic heterocycles. The van der Waals surface area contributed by atoms with Gasteiger partial charge >= 0.3 is 0 Å². The molecule has 3 rings (SSSR count). The number of carbonyl (C=O) groups excluding carboxylic acids is 1. The number of amides is 1. The number of carbonyl (C=O) groups is 1. The van der Waals surface area contributed by atoms with Crippen LogP contribution in [0.1, 0.15) is 30.0 Å².